The normalized spacial score (nSPS) is 17.2. The van der Waals surface area contributed by atoms with Gasteiger partial charge in [0, 0.05) is 23.0 Å². The Morgan fingerprint density at radius 1 is 1.24 bits per heavy atom. The summed E-state index contributed by atoms with van der Waals surface area (Å²) in [7, 11) is 0. The van der Waals surface area contributed by atoms with E-state index in [0.717, 1.165) is 0 Å². The van der Waals surface area contributed by atoms with Crippen LogP contribution in [0.4, 0.5) is 4.39 Å². The van der Waals surface area contributed by atoms with E-state index < -0.39 is 5.82 Å². The van der Waals surface area contributed by atoms with Gasteiger partial charge in [0.25, 0.3) is 0 Å². The van der Waals surface area contributed by atoms with E-state index in [1.807, 2.05) is 0 Å². The predicted molar refractivity (Wildman–Crippen MR) is 83.9 cm³/mol. The molecule has 1 unspecified atom stereocenters. The van der Waals surface area contributed by atoms with Crippen LogP contribution in [0.15, 0.2) is 35.7 Å². The molecule has 112 valence electrons. The molecule has 21 heavy (non-hydrogen) atoms. The minimum Gasteiger partial charge on any atom is -0.505 e. The molecule has 3 rings (SSSR count). The number of rotatable bonds is 5. The molecular weight excluding hydrogens is 285 g/mol. The summed E-state index contributed by atoms with van der Waals surface area (Å²) in [5.74, 6) is -0.149. The molecular formula is C17H20FNOS. The van der Waals surface area contributed by atoms with E-state index >= 15 is 0 Å². The summed E-state index contributed by atoms with van der Waals surface area (Å²) in [4.78, 5) is 1.33. The molecule has 4 heteroatoms. The Balaban J connectivity index is 1.74. The Bertz CT molecular complexity index is 578. The quantitative estimate of drug-likeness (QED) is 0.845. The second-order valence-corrected chi connectivity index (χ2v) is 6.65. The van der Waals surface area contributed by atoms with Crippen LogP contribution in [0.2, 0.25) is 0 Å². The van der Waals surface area contributed by atoms with Crippen molar-refractivity contribution in [3.63, 3.8) is 0 Å². The highest BCUT2D eigenvalue weighted by atomic mass is 32.1. The summed E-state index contributed by atoms with van der Waals surface area (Å²) in [5, 5.41) is 15.4. The van der Waals surface area contributed by atoms with Crippen molar-refractivity contribution in [3.8, 4) is 5.75 Å². The van der Waals surface area contributed by atoms with E-state index in [0.29, 0.717) is 24.1 Å². The lowest BCUT2D eigenvalue weighted by atomic mass is 9.96. The molecule has 1 aromatic heterocycles. The van der Waals surface area contributed by atoms with Gasteiger partial charge in [-0.3, -0.25) is 0 Å². The van der Waals surface area contributed by atoms with Crippen LogP contribution in [0, 0.1) is 11.7 Å². The first-order chi connectivity index (χ1) is 10.3. The Kier molecular flexibility index (Phi) is 4.56. The fourth-order valence-electron chi connectivity index (χ4n) is 3.18. The number of phenolic OH excluding ortho intramolecular Hbond substituents is 1. The summed E-state index contributed by atoms with van der Waals surface area (Å²) in [6.45, 7) is 0.489. The topological polar surface area (TPSA) is 32.3 Å². The maximum absolute atomic E-state index is 13.4. The molecule has 1 atom stereocenters. The molecule has 1 aliphatic rings. The van der Waals surface area contributed by atoms with E-state index in [4.69, 9.17) is 0 Å². The minimum atomic E-state index is -0.553. The van der Waals surface area contributed by atoms with Crippen LogP contribution >= 0.6 is 11.3 Å². The van der Waals surface area contributed by atoms with Gasteiger partial charge in [-0.25, -0.2) is 4.39 Å². The number of hydrogen-bond donors (Lipinski definition) is 2. The van der Waals surface area contributed by atoms with E-state index in [9.17, 15) is 9.50 Å². The lowest BCUT2D eigenvalue weighted by Gasteiger charge is -2.24. The zero-order valence-electron chi connectivity index (χ0n) is 11.9. The standard InChI is InChI=1S/C17H20FNOS/c18-14-8-3-7-13(17(14)20)11-19-16(12-5-1-2-6-12)15-9-4-10-21-15/h3-4,7-10,12,16,19-20H,1-2,5-6,11H2. The molecule has 1 fully saturated rings. The summed E-state index contributed by atoms with van der Waals surface area (Å²) in [5.41, 5.74) is 0.620. The van der Waals surface area contributed by atoms with Crippen molar-refractivity contribution >= 4 is 11.3 Å². The Hall–Kier alpha value is -1.39. The number of nitrogens with one attached hydrogen (secondary N) is 1. The largest absolute Gasteiger partial charge is 0.505 e. The fraction of sp³-hybridized carbons (Fsp3) is 0.412. The molecule has 0 amide bonds. The third-order valence-corrected chi connectivity index (χ3v) is 5.26. The van der Waals surface area contributed by atoms with Gasteiger partial charge >= 0.3 is 0 Å². The maximum Gasteiger partial charge on any atom is 0.165 e. The number of phenols is 1. The first-order valence-electron chi connectivity index (χ1n) is 7.49. The fourth-order valence-corrected chi connectivity index (χ4v) is 4.07. The number of para-hydroxylation sites is 1. The smallest absolute Gasteiger partial charge is 0.165 e. The number of thiophene rings is 1. The number of halogens is 1. The van der Waals surface area contributed by atoms with Crippen LogP contribution in [0.25, 0.3) is 0 Å². The first kappa shape index (κ1) is 14.5. The third kappa shape index (κ3) is 3.27. The zero-order valence-corrected chi connectivity index (χ0v) is 12.7. The van der Waals surface area contributed by atoms with Gasteiger partial charge in [0.15, 0.2) is 11.6 Å². The monoisotopic (exact) mass is 305 g/mol. The van der Waals surface area contributed by atoms with Crippen LogP contribution < -0.4 is 5.32 Å². The van der Waals surface area contributed by atoms with Crippen molar-refractivity contribution in [3.05, 3.63) is 52.0 Å². The molecule has 2 aromatic rings. The summed E-state index contributed by atoms with van der Waals surface area (Å²) >= 11 is 1.76. The Morgan fingerprint density at radius 3 is 2.76 bits per heavy atom. The van der Waals surface area contributed by atoms with Gasteiger partial charge in [-0.05, 0) is 36.3 Å². The van der Waals surface area contributed by atoms with E-state index in [2.05, 4.69) is 22.8 Å². The second-order valence-electron chi connectivity index (χ2n) is 5.67. The van der Waals surface area contributed by atoms with Gasteiger partial charge in [0.1, 0.15) is 0 Å². The van der Waals surface area contributed by atoms with Crippen molar-refractivity contribution < 1.29 is 9.50 Å². The van der Waals surface area contributed by atoms with Crippen LogP contribution in [0.1, 0.15) is 42.2 Å². The van der Waals surface area contributed by atoms with Gasteiger partial charge in [-0.1, -0.05) is 31.0 Å². The van der Waals surface area contributed by atoms with E-state index in [-0.39, 0.29) is 5.75 Å². The summed E-state index contributed by atoms with van der Waals surface area (Å²) in [6, 6.07) is 9.23. The first-order valence-corrected chi connectivity index (χ1v) is 8.37. The molecule has 0 bridgehead atoms. The molecule has 1 aliphatic carbocycles. The van der Waals surface area contributed by atoms with Crippen molar-refractivity contribution in [2.75, 3.05) is 0 Å². The van der Waals surface area contributed by atoms with Crippen LogP contribution in [-0.2, 0) is 6.54 Å². The molecule has 0 saturated heterocycles. The van der Waals surface area contributed by atoms with Crippen LogP contribution in [-0.4, -0.2) is 5.11 Å². The molecule has 1 saturated carbocycles. The van der Waals surface area contributed by atoms with Crippen molar-refractivity contribution in [2.45, 2.75) is 38.3 Å². The highest BCUT2D eigenvalue weighted by Crippen LogP contribution is 2.37. The van der Waals surface area contributed by atoms with Gasteiger partial charge in [0.2, 0.25) is 0 Å². The van der Waals surface area contributed by atoms with Gasteiger partial charge < -0.3 is 10.4 Å². The molecule has 0 radical (unpaired) electrons. The molecule has 1 aromatic carbocycles. The number of aromatic hydroxyl groups is 1. The number of hydrogen-bond acceptors (Lipinski definition) is 3. The highest BCUT2D eigenvalue weighted by Gasteiger charge is 2.26. The Morgan fingerprint density at radius 2 is 2.05 bits per heavy atom. The van der Waals surface area contributed by atoms with Crippen molar-refractivity contribution in [1.29, 1.82) is 0 Å². The summed E-state index contributed by atoms with van der Waals surface area (Å²) < 4.78 is 13.4. The van der Waals surface area contributed by atoms with Crippen LogP contribution in [0.3, 0.4) is 0 Å². The lowest BCUT2D eigenvalue weighted by Crippen LogP contribution is -2.26. The molecule has 0 aliphatic heterocycles. The average molecular weight is 305 g/mol. The van der Waals surface area contributed by atoms with Crippen molar-refractivity contribution in [2.24, 2.45) is 5.92 Å². The van der Waals surface area contributed by atoms with Crippen LogP contribution in [0.5, 0.6) is 5.75 Å². The molecule has 0 spiro atoms. The second kappa shape index (κ2) is 6.58. The maximum atomic E-state index is 13.4. The lowest BCUT2D eigenvalue weighted by molar-refractivity contribution is 0.364. The van der Waals surface area contributed by atoms with Crippen molar-refractivity contribution in [1.82, 2.24) is 5.32 Å². The third-order valence-electron chi connectivity index (χ3n) is 4.30. The van der Waals surface area contributed by atoms with E-state index in [1.165, 1.54) is 36.6 Å². The number of benzene rings is 1. The van der Waals surface area contributed by atoms with Gasteiger partial charge in [0.05, 0.1) is 0 Å². The average Bonchev–Trinajstić information content (AvgIpc) is 3.17. The van der Waals surface area contributed by atoms with E-state index in [1.54, 1.807) is 23.5 Å². The predicted octanol–water partition coefficient (Wildman–Crippen LogP) is 4.61. The molecule has 2 N–H and O–H groups in total. The SMILES string of the molecule is Oc1c(F)cccc1CNC(c1cccs1)C1CCCC1. The summed E-state index contributed by atoms with van der Waals surface area (Å²) in [6.07, 6.45) is 5.06. The zero-order chi connectivity index (χ0) is 14.7. The Labute approximate surface area is 128 Å². The van der Waals surface area contributed by atoms with Gasteiger partial charge in [-0.15, -0.1) is 11.3 Å². The minimum absolute atomic E-state index is 0.235. The highest BCUT2D eigenvalue weighted by molar-refractivity contribution is 7.10. The molecule has 1 heterocycles. The molecule has 2 nitrogen and oxygen atoms in total. The van der Waals surface area contributed by atoms with Gasteiger partial charge in [-0.2, -0.15) is 0 Å².